The highest BCUT2D eigenvalue weighted by Gasteiger charge is 2.39. The maximum Gasteiger partial charge on any atom is 0.253 e. The van der Waals surface area contributed by atoms with Crippen molar-refractivity contribution < 1.29 is 23.5 Å². The van der Waals surface area contributed by atoms with Crippen molar-refractivity contribution in [3.05, 3.63) is 59.9 Å². The Kier molecular flexibility index (Phi) is 6.36. The van der Waals surface area contributed by atoms with Crippen LogP contribution in [0.1, 0.15) is 29.6 Å². The molecule has 0 radical (unpaired) electrons. The lowest BCUT2D eigenvalue weighted by atomic mass is 9.77. The van der Waals surface area contributed by atoms with E-state index in [9.17, 15) is 14.0 Å². The molecule has 1 atom stereocenters. The summed E-state index contributed by atoms with van der Waals surface area (Å²) in [5.41, 5.74) is 5.47. The number of carbonyl (C=O) groups excluding carboxylic acids is 2. The van der Waals surface area contributed by atoms with E-state index in [0.29, 0.717) is 36.6 Å². The second-order valence-electron chi connectivity index (χ2n) is 7.44. The summed E-state index contributed by atoms with van der Waals surface area (Å²) in [6.45, 7) is 1.18. The maximum absolute atomic E-state index is 13.1. The van der Waals surface area contributed by atoms with Crippen LogP contribution in [0.25, 0.3) is 0 Å². The molecule has 0 spiro atoms. The van der Waals surface area contributed by atoms with Crippen molar-refractivity contribution in [2.24, 2.45) is 11.1 Å². The molecule has 1 aliphatic heterocycles. The number of benzene rings is 2. The molecular formula is C22H25FN2O4. The third kappa shape index (κ3) is 5.25. The Labute approximate surface area is 169 Å². The van der Waals surface area contributed by atoms with E-state index in [1.165, 1.54) is 24.3 Å². The van der Waals surface area contributed by atoms with Crippen molar-refractivity contribution in [2.75, 3.05) is 26.8 Å². The molecule has 3 rings (SSSR count). The minimum absolute atomic E-state index is 0.108. The normalized spacial score (nSPS) is 18.9. The fourth-order valence-corrected chi connectivity index (χ4v) is 3.75. The first-order valence-corrected chi connectivity index (χ1v) is 9.51. The second kappa shape index (κ2) is 8.94. The molecule has 2 aromatic rings. The standard InChI is InChI=1S/C22H25FN2O4/c1-28-18-7-3-16(4-8-18)21(27)25-12-2-11-22(14-25,13-20(24)26)15-29-19-9-5-17(23)6-10-19/h3-10H,2,11-15H2,1H3,(H2,24,26)/t22-/m1/s1. The van der Waals surface area contributed by atoms with Gasteiger partial charge in [0.15, 0.2) is 0 Å². The van der Waals surface area contributed by atoms with Gasteiger partial charge in [-0.25, -0.2) is 4.39 Å². The van der Waals surface area contributed by atoms with E-state index in [2.05, 4.69) is 0 Å². The molecule has 6 nitrogen and oxygen atoms in total. The first kappa shape index (κ1) is 20.6. The highest BCUT2D eigenvalue weighted by molar-refractivity contribution is 5.94. The Morgan fingerprint density at radius 3 is 2.38 bits per heavy atom. The van der Waals surface area contributed by atoms with Crippen LogP contribution in [0.4, 0.5) is 4.39 Å². The molecular weight excluding hydrogens is 375 g/mol. The highest BCUT2D eigenvalue weighted by Crippen LogP contribution is 2.35. The Balaban J connectivity index is 1.74. The number of piperidine rings is 1. The molecule has 1 heterocycles. The number of nitrogens with zero attached hydrogens (tertiary/aromatic N) is 1. The summed E-state index contributed by atoms with van der Waals surface area (Å²) in [6, 6.07) is 12.6. The monoisotopic (exact) mass is 400 g/mol. The van der Waals surface area contributed by atoms with Crippen LogP contribution in [0, 0.1) is 11.2 Å². The van der Waals surface area contributed by atoms with Crippen LogP contribution in [0.5, 0.6) is 11.5 Å². The number of primary amides is 1. The predicted octanol–water partition coefficient (Wildman–Crippen LogP) is 3.01. The lowest BCUT2D eigenvalue weighted by Gasteiger charge is -2.42. The summed E-state index contributed by atoms with van der Waals surface area (Å²) >= 11 is 0. The third-order valence-electron chi connectivity index (χ3n) is 5.19. The van der Waals surface area contributed by atoms with Crippen LogP contribution in [0.15, 0.2) is 48.5 Å². The van der Waals surface area contributed by atoms with Gasteiger partial charge in [0.05, 0.1) is 13.7 Å². The number of rotatable bonds is 7. The van der Waals surface area contributed by atoms with Crippen LogP contribution >= 0.6 is 0 Å². The van der Waals surface area contributed by atoms with E-state index in [4.69, 9.17) is 15.2 Å². The smallest absolute Gasteiger partial charge is 0.253 e. The topological polar surface area (TPSA) is 81.9 Å². The molecule has 0 unspecified atom stereocenters. The summed E-state index contributed by atoms with van der Waals surface area (Å²) in [5.74, 6) is 0.289. The molecule has 0 aromatic heterocycles. The quantitative estimate of drug-likeness (QED) is 0.775. The van der Waals surface area contributed by atoms with E-state index in [-0.39, 0.29) is 24.8 Å². The van der Waals surface area contributed by atoms with Crippen LogP contribution < -0.4 is 15.2 Å². The average Bonchev–Trinajstić information content (AvgIpc) is 2.72. The zero-order chi connectivity index (χ0) is 20.9. The molecule has 1 aliphatic rings. The van der Waals surface area contributed by atoms with Crippen LogP contribution in [0.2, 0.25) is 0 Å². The largest absolute Gasteiger partial charge is 0.497 e. The van der Waals surface area contributed by atoms with Crippen LogP contribution in [-0.2, 0) is 4.79 Å². The Bertz CT molecular complexity index is 854. The molecule has 2 aromatic carbocycles. The Morgan fingerprint density at radius 1 is 1.10 bits per heavy atom. The van der Waals surface area contributed by atoms with Gasteiger partial charge in [-0.1, -0.05) is 0 Å². The van der Waals surface area contributed by atoms with Gasteiger partial charge in [0, 0.05) is 30.5 Å². The molecule has 2 amide bonds. The van der Waals surface area contributed by atoms with E-state index in [0.717, 1.165) is 6.42 Å². The van der Waals surface area contributed by atoms with Gasteiger partial charge in [-0.15, -0.1) is 0 Å². The van der Waals surface area contributed by atoms with Crippen molar-refractivity contribution >= 4 is 11.8 Å². The number of nitrogens with two attached hydrogens (primary N) is 1. The highest BCUT2D eigenvalue weighted by atomic mass is 19.1. The number of methoxy groups -OCH3 is 1. The molecule has 7 heteroatoms. The molecule has 154 valence electrons. The predicted molar refractivity (Wildman–Crippen MR) is 106 cm³/mol. The number of likely N-dealkylation sites (tertiary alicyclic amines) is 1. The Hall–Kier alpha value is -3.09. The van der Waals surface area contributed by atoms with E-state index in [1.54, 1.807) is 36.3 Å². The zero-order valence-corrected chi connectivity index (χ0v) is 16.4. The fraction of sp³-hybridized carbons (Fsp3) is 0.364. The summed E-state index contributed by atoms with van der Waals surface area (Å²) in [5, 5.41) is 0. The van der Waals surface area contributed by atoms with E-state index < -0.39 is 11.3 Å². The van der Waals surface area contributed by atoms with Gasteiger partial charge in [-0.05, 0) is 61.4 Å². The van der Waals surface area contributed by atoms with Crippen molar-refractivity contribution in [1.29, 1.82) is 0 Å². The number of halogens is 1. The maximum atomic E-state index is 13.1. The Morgan fingerprint density at radius 2 is 1.76 bits per heavy atom. The summed E-state index contributed by atoms with van der Waals surface area (Å²) < 4.78 is 24.1. The van der Waals surface area contributed by atoms with E-state index in [1.807, 2.05) is 0 Å². The van der Waals surface area contributed by atoms with Gasteiger partial charge in [0.25, 0.3) is 5.91 Å². The third-order valence-corrected chi connectivity index (χ3v) is 5.19. The van der Waals surface area contributed by atoms with Crippen molar-refractivity contribution in [2.45, 2.75) is 19.3 Å². The van der Waals surface area contributed by atoms with Gasteiger partial charge in [0.2, 0.25) is 5.91 Å². The summed E-state index contributed by atoms with van der Waals surface area (Å²) in [6.07, 6.45) is 1.56. The van der Waals surface area contributed by atoms with Crippen LogP contribution in [-0.4, -0.2) is 43.5 Å². The molecule has 0 bridgehead atoms. The number of ether oxygens (including phenoxy) is 2. The molecule has 1 fully saturated rings. The average molecular weight is 400 g/mol. The molecule has 29 heavy (non-hydrogen) atoms. The summed E-state index contributed by atoms with van der Waals surface area (Å²) in [4.78, 5) is 26.5. The van der Waals surface area contributed by atoms with Gasteiger partial charge in [0.1, 0.15) is 17.3 Å². The van der Waals surface area contributed by atoms with Crippen molar-refractivity contribution in [3.63, 3.8) is 0 Å². The number of hydrogen-bond acceptors (Lipinski definition) is 4. The lowest BCUT2D eigenvalue weighted by Crippen LogP contribution is -2.50. The first-order valence-electron chi connectivity index (χ1n) is 9.51. The summed E-state index contributed by atoms with van der Waals surface area (Å²) in [7, 11) is 1.57. The van der Waals surface area contributed by atoms with Gasteiger partial charge in [-0.3, -0.25) is 9.59 Å². The zero-order valence-electron chi connectivity index (χ0n) is 16.4. The number of carbonyl (C=O) groups is 2. The molecule has 0 aliphatic carbocycles. The first-order chi connectivity index (χ1) is 13.9. The van der Waals surface area contributed by atoms with Crippen LogP contribution in [0.3, 0.4) is 0 Å². The van der Waals surface area contributed by atoms with Crippen molar-refractivity contribution in [1.82, 2.24) is 4.90 Å². The van der Waals surface area contributed by atoms with Gasteiger partial charge in [-0.2, -0.15) is 0 Å². The molecule has 1 saturated heterocycles. The molecule has 0 saturated carbocycles. The molecule has 2 N–H and O–H groups in total. The minimum Gasteiger partial charge on any atom is -0.497 e. The lowest BCUT2D eigenvalue weighted by molar-refractivity contribution is -0.122. The number of hydrogen-bond donors (Lipinski definition) is 1. The SMILES string of the molecule is COc1ccc(C(=O)N2CCC[C@@](COc3ccc(F)cc3)(CC(N)=O)C2)cc1. The number of amides is 2. The second-order valence-corrected chi connectivity index (χ2v) is 7.44. The van der Waals surface area contributed by atoms with Gasteiger partial charge < -0.3 is 20.1 Å². The van der Waals surface area contributed by atoms with Crippen molar-refractivity contribution in [3.8, 4) is 11.5 Å². The van der Waals surface area contributed by atoms with E-state index >= 15 is 0 Å². The minimum atomic E-state index is -0.583. The van der Waals surface area contributed by atoms with Gasteiger partial charge >= 0.3 is 0 Å². The fourth-order valence-electron chi connectivity index (χ4n) is 3.75.